The third kappa shape index (κ3) is 2.77. The van der Waals surface area contributed by atoms with Crippen molar-refractivity contribution in [3.05, 3.63) is 48.3 Å². The Kier molecular flexibility index (Phi) is 3.68. The summed E-state index contributed by atoms with van der Waals surface area (Å²) in [5.74, 6) is 0.892. The van der Waals surface area contributed by atoms with Crippen molar-refractivity contribution in [2.45, 2.75) is 19.4 Å². The van der Waals surface area contributed by atoms with Crippen molar-refractivity contribution in [1.29, 1.82) is 0 Å². The Morgan fingerprint density at radius 2 is 2.04 bits per heavy atom. The van der Waals surface area contributed by atoms with E-state index in [1.165, 1.54) is 0 Å². The summed E-state index contributed by atoms with van der Waals surface area (Å²) in [4.78, 5) is 20.1. The Labute approximate surface area is 156 Å². The van der Waals surface area contributed by atoms with Gasteiger partial charge in [0.25, 0.3) is 0 Å². The van der Waals surface area contributed by atoms with E-state index in [2.05, 4.69) is 39.6 Å². The zero-order valence-electron chi connectivity index (χ0n) is 15.1. The molecule has 1 aromatic heterocycles. The number of carbonyl (C=O) groups is 1. The fraction of sp³-hybridized carbons (Fsp3) is 0.333. The van der Waals surface area contributed by atoms with Crippen LogP contribution in [0.1, 0.15) is 24.9 Å². The van der Waals surface area contributed by atoms with Gasteiger partial charge in [-0.15, -0.1) is 0 Å². The molecule has 1 unspecified atom stereocenters. The summed E-state index contributed by atoms with van der Waals surface area (Å²) in [7, 11) is 0. The molecule has 1 atom stereocenters. The number of aromatic nitrogens is 2. The number of ether oxygens (including phenoxy) is 2. The molecule has 6 heteroatoms. The SMILES string of the molecule is CC1(C(=O)NC2CCOc3ccc(-c4ccc5nc[nH]c5c4)cc32)COC1. The third-order valence-corrected chi connectivity index (χ3v) is 5.50. The quantitative estimate of drug-likeness (QED) is 0.749. The summed E-state index contributed by atoms with van der Waals surface area (Å²) in [6.07, 6.45) is 2.46. The van der Waals surface area contributed by atoms with Gasteiger partial charge in [-0.2, -0.15) is 0 Å². The molecular formula is C21H21N3O3. The van der Waals surface area contributed by atoms with Crippen LogP contribution in [-0.4, -0.2) is 35.7 Å². The van der Waals surface area contributed by atoms with Gasteiger partial charge < -0.3 is 19.8 Å². The maximum atomic E-state index is 12.7. The average molecular weight is 363 g/mol. The lowest BCUT2D eigenvalue weighted by Gasteiger charge is -2.38. The van der Waals surface area contributed by atoms with E-state index in [1.807, 2.05) is 19.1 Å². The lowest BCUT2D eigenvalue weighted by molar-refractivity contribution is -0.158. The molecule has 1 fully saturated rings. The molecule has 2 N–H and O–H groups in total. The molecule has 0 aliphatic carbocycles. The van der Waals surface area contributed by atoms with E-state index in [0.29, 0.717) is 19.8 Å². The highest BCUT2D eigenvalue weighted by Gasteiger charge is 2.42. The third-order valence-electron chi connectivity index (χ3n) is 5.50. The summed E-state index contributed by atoms with van der Waals surface area (Å²) in [5, 5.41) is 3.21. The smallest absolute Gasteiger partial charge is 0.231 e. The minimum absolute atomic E-state index is 0.0467. The second kappa shape index (κ2) is 6.09. The Bertz CT molecular complexity index is 1020. The molecule has 2 aliphatic heterocycles. The predicted molar refractivity (Wildman–Crippen MR) is 101 cm³/mol. The van der Waals surface area contributed by atoms with Gasteiger partial charge in [-0.25, -0.2) is 4.98 Å². The molecule has 3 aromatic rings. The normalized spacial score (nSPS) is 20.4. The van der Waals surface area contributed by atoms with Crippen LogP contribution in [0.3, 0.4) is 0 Å². The Hall–Kier alpha value is -2.86. The van der Waals surface area contributed by atoms with Crippen molar-refractivity contribution >= 4 is 16.9 Å². The molecule has 0 spiro atoms. The number of carbonyl (C=O) groups excluding carboxylic acids is 1. The molecule has 6 nitrogen and oxygen atoms in total. The fourth-order valence-electron chi connectivity index (χ4n) is 3.71. The van der Waals surface area contributed by atoms with Crippen molar-refractivity contribution < 1.29 is 14.3 Å². The van der Waals surface area contributed by atoms with E-state index in [0.717, 1.165) is 39.9 Å². The highest BCUT2D eigenvalue weighted by molar-refractivity contribution is 5.84. The molecule has 1 saturated heterocycles. The molecule has 5 rings (SSSR count). The van der Waals surface area contributed by atoms with Crippen molar-refractivity contribution in [3.63, 3.8) is 0 Å². The topological polar surface area (TPSA) is 76.2 Å². The first-order valence-corrected chi connectivity index (χ1v) is 9.21. The number of hydrogen-bond donors (Lipinski definition) is 2. The first-order valence-electron chi connectivity index (χ1n) is 9.21. The van der Waals surface area contributed by atoms with Gasteiger partial charge in [0, 0.05) is 12.0 Å². The maximum Gasteiger partial charge on any atom is 0.231 e. The second-order valence-corrected chi connectivity index (χ2v) is 7.60. The van der Waals surface area contributed by atoms with Gasteiger partial charge in [-0.1, -0.05) is 12.1 Å². The van der Waals surface area contributed by atoms with Crippen LogP contribution in [0.15, 0.2) is 42.7 Å². The predicted octanol–water partition coefficient (Wildman–Crippen LogP) is 3.21. The lowest BCUT2D eigenvalue weighted by Crippen LogP contribution is -2.53. The van der Waals surface area contributed by atoms with Gasteiger partial charge in [-0.3, -0.25) is 4.79 Å². The van der Waals surface area contributed by atoms with Crippen LogP contribution < -0.4 is 10.1 Å². The largest absolute Gasteiger partial charge is 0.493 e. The van der Waals surface area contributed by atoms with E-state index in [9.17, 15) is 4.79 Å². The number of nitrogens with zero attached hydrogens (tertiary/aromatic N) is 1. The Morgan fingerprint density at radius 3 is 2.85 bits per heavy atom. The van der Waals surface area contributed by atoms with E-state index < -0.39 is 5.41 Å². The number of benzene rings is 2. The fourth-order valence-corrected chi connectivity index (χ4v) is 3.71. The number of amides is 1. The van der Waals surface area contributed by atoms with E-state index >= 15 is 0 Å². The van der Waals surface area contributed by atoms with Gasteiger partial charge in [-0.05, 0) is 42.3 Å². The first-order chi connectivity index (χ1) is 13.1. The van der Waals surface area contributed by atoms with Gasteiger partial charge >= 0.3 is 0 Å². The zero-order valence-corrected chi connectivity index (χ0v) is 15.1. The molecule has 2 aromatic carbocycles. The van der Waals surface area contributed by atoms with Crippen molar-refractivity contribution in [2.24, 2.45) is 5.41 Å². The molecule has 1 amide bonds. The van der Waals surface area contributed by atoms with Crippen molar-refractivity contribution in [1.82, 2.24) is 15.3 Å². The van der Waals surface area contributed by atoms with Crippen LogP contribution in [0.4, 0.5) is 0 Å². The Balaban J connectivity index is 1.47. The van der Waals surface area contributed by atoms with Crippen LogP contribution >= 0.6 is 0 Å². The molecule has 0 saturated carbocycles. The van der Waals surface area contributed by atoms with E-state index in [-0.39, 0.29) is 11.9 Å². The van der Waals surface area contributed by atoms with Gasteiger partial charge in [0.15, 0.2) is 0 Å². The van der Waals surface area contributed by atoms with Crippen LogP contribution in [0.25, 0.3) is 22.2 Å². The summed E-state index contributed by atoms with van der Waals surface area (Å²) in [6.45, 7) is 3.52. The Morgan fingerprint density at radius 1 is 1.22 bits per heavy atom. The van der Waals surface area contributed by atoms with Crippen molar-refractivity contribution in [3.8, 4) is 16.9 Å². The minimum Gasteiger partial charge on any atom is -0.493 e. The maximum absolute atomic E-state index is 12.7. The first kappa shape index (κ1) is 16.3. The zero-order chi connectivity index (χ0) is 18.4. The van der Waals surface area contributed by atoms with Gasteiger partial charge in [0.2, 0.25) is 5.91 Å². The monoisotopic (exact) mass is 363 g/mol. The number of H-pyrrole nitrogens is 1. The highest BCUT2D eigenvalue weighted by Crippen LogP contribution is 2.37. The van der Waals surface area contributed by atoms with Crippen LogP contribution in [0.2, 0.25) is 0 Å². The molecule has 0 radical (unpaired) electrons. The molecule has 27 heavy (non-hydrogen) atoms. The van der Waals surface area contributed by atoms with E-state index in [4.69, 9.17) is 9.47 Å². The highest BCUT2D eigenvalue weighted by atomic mass is 16.5. The van der Waals surface area contributed by atoms with Gasteiger partial charge in [0.1, 0.15) is 5.75 Å². The minimum atomic E-state index is -0.415. The number of nitrogens with one attached hydrogen (secondary N) is 2. The van der Waals surface area contributed by atoms with Crippen LogP contribution in [0, 0.1) is 5.41 Å². The van der Waals surface area contributed by atoms with Crippen molar-refractivity contribution in [2.75, 3.05) is 19.8 Å². The molecular weight excluding hydrogens is 342 g/mol. The number of fused-ring (bicyclic) bond motifs is 2. The number of hydrogen-bond acceptors (Lipinski definition) is 4. The summed E-state index contributed by atoms with van der Waals surface area (Å²) >= 11 is 0. The number of rotatable bonds is 3. The second-order valence-electron chi connectivity index (χ2n) is 7.60. The number of imidazole rings is 1. The summed E-state index contributed by atoms with van der Waals surface area (Å²) in [6, 6.07) is 12.3. The number of aromatic amines is 1. The molecule has 3 heterocycles. The van der Waals surface area contributed by atoms with E-state index in [1.54, 1.807) is 6.33 Å². The standard InChI is InChI=1S/C21H21N3O3/c1-21(10-26-11-21)20(25)24-16-6-7-27-19-5-3-13(8-15(16)19)14-2-4-17-18(9-14)23-12-22-17/h2-5,8-9,12,16H,6-7,10-11H2,1H3,(H,22,23)(H,24,25). The van der Waals surface area contributed by atoms with Gasteiger partial charge in [0.05, 0.1) is 48.6 Å². The molecule has 2 aliphatic rings. The molecule has 138 valence electrons. The van der Waals surface area contributed by atoms with Crippen LogP contribution in [-0.2, 0) is 9.53 Å². The summed E-state index contributed by atoms with van der Waals surface area (Å²) < 4.78 is 11.0. The van der Waals surface area contributed by atoms with Crippen LogP contribution in [0.5, 0.6) is 5.75 Å². The lowest BCUT2D eigenvalue weighted by atomic mass is 9.86. The molecule has 0 bridgehead atoms. The average Bonchev–Trinajstić information content (AvgIpc) is 3.13. The summed E-state index contributed by atoms with van der Waals surface area (Å²) in [5.41, 5.74) is 4.76.